The first kappa shape index (κ1) is 15.6. The van der Waals surface area contributed by atoms with Gasteiger partial charge in [0.2, 0.25) is 0 Å². The zero-order valence-corrected chi connectivity index (χ0v) is 11.9. The van der Waals surface area contributed by atoms with Gasteiger partial charge in [-0.15, -0.1) is 0 Å². The second-order valence-electron chi connectivity index (χ2n) is 4.00. The van der Waals surface area contributed by atoms with Crippen LogP contribution in [0.3, 0.4) is 0 Å². The Morgan fingerprint density at radius 3 is 2.48 bits per heavy atom. The van der Waals surface area contributed by atoms with E-state index in [9.17, 15) is 13.2 Å². The highest BCUT2D eigenvalue weighted by Crippen LogP contribution is 2.34. The van der Waals surface area contributed by atoms with Crippen molar-refractivity contribution < 1.29 is 17.9 Å². The zero-order valence-electron chi connectivity index (χ0n) is 10.3. The molecule has 2 aromatic carbocycles. The van der Waals surface area contributed by atoms with Crippen molar-refractivity contribution >= 4 is 40.3 Å². The zero-order chi connectivity index (χ0) is 15.6. The molecule has 0 spiro atoms. The predicted molar refractivity (Wildman–Crippen MR) is 77.2 cm³/mol. The largest absolute Gasteiger partial charge is 0.432 e. The fourth-order valence-corrected chi connectivity index (χ4v) is 1.94. The second kappa shape index (κ2) is 6.32. The molecule has 0 saturated heterocycles. The van der Waals surface area contributed by atoms with Crippen molar-refractivity contribution in [2.75, 3.05) is 11.1 Å². The van der Waals surface area contributed by atoms with Crippen LogP contribution in [0.1, 0.15) is 0 Å². The van der Waals surface area contributed by atoms with E-state index < -0.39 is 18.2 Å². The van der Waals surface area contributed by atoms with Crippen molar-refractivity contribution in [3.8, 4) is 5.75 Å². The number of nitrogen functional groups attached to an aromatic ring is 1. The van der Waals surface area contributed by atoms with Gasteiger partial charge in [-0.3, -0.25) is 0 Å². The number of nitrogens with two attached hydrogens (primary N) is 1. The minimum Gasteiger partial charge on any atom is -0.432 e. The number of benzene rings is 2. The van der Waals surface area contributed by atoms with E-state index in [-0.39, 0.29) is 11.4 Å². The number of alkyl halides is 2. The number of hydrogen-bond donors (Lipinski definition) is 2. The normalized spacial score (nSPS) is 10.8. The Bertz CT molecular complexity index is 668. The number of ether oxygens (including phenoxy) is 1. The molecule has 3 N–H and O–H groups in total. The van der Waals surface area contributed by atoms with Crippen molar-refractivity contribution in [3.05, 3.63) is 46.2 Å². The maximum absolute atomic E-state index is 13.5. The van der Waals surface area contributed by atoms with Crippen LogP contribution < -0.4 is 15.8 Å². The first-order valence-corrected chi connectivity index (χ1v) is 6.38. The molecule has 112 valence electrons. The highest BCUT2D eigenvalue weighted by atomic mass is 35.5. The Labute approximate surface area is 128 Å². The van der Waals surface area contributed by atoms with Crippen molar-refractivity contribution in [1.82, 2.24) is 0 Å². The monoisotopic (exact) mass is 336 g/mol. The van der Waals surface area contributed by atoms with E-state index in [4.69, 9.17) is 28.9 Å². The Morgan fingerprint density at radius 2 is 1.81 bits per heavy atom. The molecular weight excluding hydrogens is 328 g/mol. The van der Waals surface area contributed by atoms with Gasteiger partial charge < -0.3 is 15.8 Å². The highest BCUT2D eigenvalue weighted by Gasteiger charge is 2.14. The molecule has 0 bridgehead atoms. The Hall–Kier alpha value is -1.79. The average molecular weight is 337 g/mol. The van der Waals surface area contributed by atoms with E-state index in [1.165, 1.54) is 6.07 Å². The first-order chi connectivity index (χ1) is 9.86. The maximum Gasteiger partial charge on any atom is 0.387 e. The van der Waals surface area contributed by atoms with Crippen LogP contribution in [0.2, 0.25) is 10.0 Å². The fraction of sp³-hybridized carbons (Fsp3) is 0.0769. The summed E-state index contributed by atoms with van der Waals surface area (Å²) in [6, 6.07) is 6.53. The first-order valence-electron chi connectivity index (χ1n) is 5.62. The van der Waals surface area contributed by atoms with E-state index in [0.717, 1.165) is 12.1 Å². The fourth-order valence-electron chi connectivity index (χ4n) is 1.60. The molecule has 0 saturated carbocycles. The van der Waals surface area contributed by atoms with Gasteiger partial charge in [0.05, 0.1) is 22.1 Å². The molecule has 8 heteroatoms. The summed E-state index contributed by atoms with van der Waals surface area (Å²) in [5.41, 5.74) is 6.20. The van der Waals surface area contributed by atoms with Gasteiger partial charge in [0, 0.05) is 17.2 Å². The Morgan fingerprint density at radius 1 is 1.10 bits per heavy atom. The molecule has 0 unspecified atom stereocenters. The molecule has 2 aromatic rings. The third-order valence-electron chi connectivity index (χ3n) is 2.52. The topological polar surface area (TPSA) is 47.3 Å². The summed E-state index contributed by atoms with van der Waals surface area (Å²) in [5, 5.41) is 3.53. The van der Waals surface area contributed by atoms with Gasteiger partial charge in [-0.1, -0.05) is 23.2 Å². The maximum atomic E-state index is 13.5. The Kier molecular flexibility index (Phi) is 4.69. The lowest BCUT2D eigenvalue weighted by molar-refractivity contribution is -0.0521. The van der Waals surface area contributed by atoms with Crippen LogP contribution in [-0.2, 0) is 0 Å². The summed E-state index contributed by atoms with van der Waals surface area (Å²) in [6.45, 7) is -3.15. The summed E-state index contributed by atoms with van der Waals surface area (Å²) < 4.78 is 41.9. The molecule has 0 aliphatic carbocycles. The van der Waals surface area contributed by atoms with Gasteiger partial charge in [-0.25, -0.2) is 4.39 Å². The molecule has 0 radical (unpaired) electrons. The van der Waals surface area contributed by atoms with Crippen LogP contribution in [0.15, 0.2) is 30.3 Å². The lowest BCUT2D eigenvalue weighted by atomic mass is 10.2. The molecule has 3 nitrogen and oxygen atoms in total. The Balaban J connectivity index is 2.37. The summed E-state index contributed by atoms with van der Waals surface area (Å²) in [4.78, 5) is 0. The van der Waals surface area contributed by atoms with Crippen molar-refractivity contribution in [2.24, 2.45) is 0 Å². The molecular formula is C13H9Cl2F3N2O. The molecule has 2 rings (SSSR count). The van der Waals surface area contributed by atoms with E-state index in [1.54, 1.807) is 12.1 Å². The summed E-state index contributed by atoms with van der Waals surface area (Å²) >= 11 is 11.8. The van der Waals surface area contributed by atoms with E-state index in [2.05, 4.69) is 10.1 Å². The van der Waals surface area contributed by atoms with Crippen LogP contribution in [-0.4, -0.2) is 6.61 Å². The molecule has 0 atom stereocenters. The number of anilines is 3. The SMILES string of the molecule is Nc1cc(F)c(OC(F)F)cc1Nc1cc(Cl)ccc1Cl. The highest BCUT2D eigenvalue weighted by molar-refractivity contribution is 6.35. The van der Waals surface area contributed by atoms with Crippen LogP contribution in [0, 0.1) is 5.82 Å². The molecule has 21 heavy (non-hydrogen) atoms. The standard InChI is InChI=1S/C13H9Cl2F3N2O/c14-6-1-2-7(15)10(3-6)20-11-5-12(21-13(17)18)8(16)4-9(11)19/h1-5,13,20H,19H2. The molecule has 0 aromatic heterocycles. The van der Waals surface area contributed by atoms with Crippen molar-refractivity contribution in [1.29, 1.82) is 0 Å². The summed E-state index contributed by atoms with van der Waals surface area (Å²) in [7, 11) is 0. The van der Waals surface area contributed by atoms with E-state index >= 15 is 0 Å². The third kappa shape index (κ3) is 3.86. The minimum absolute atomic E-state index is 0.00478. The van der Waals surface area contributed by atoms with Crippen LogP contribution in [0.25, 0.3) is 0 Å². The summed E-state index contributed by atoms with van der Waals surface area (Å²) in [6.07, 6.45) is 0. The lowest BCUT2D eigenvalue weighted by Crippen LogP contribution is -2.06. The lowest BCUT2D eigenvalue weighted by Gasteiger charge is -2.14. The molecule has 0 aliphatic heterocycles. The quantitative estimate of drug-likeness (QED) is 0.767. The summed E-state index contributed by atoms with van der Waals surface area (Å²) in [5.74, 6) is -1.62. The van der Waals surface area contributed by atoms with Crippen molar-refractivity contribution in [3.63, 3.8) is 0 Å². The van der Waals surface area contributed by atoms with Crippen molar-refractivity contribution in [2.45, 2.75) is 6.61 Å². The average Bonchev–Trinajstić information content (AvgIpc) is 2.39. The van der Waals surface area contributed by atoms with Crippen LogP contribution in [0.4, 0.5) is 30.2 Å². The number of nitrogens with one attached hydrogen (secondary N) is 1. The van der Waals surface area contributed by atoms with Gasteiger partial charge in [0.15, 0.2) is 11.6 Å². The van der Waals surface area contributed by atoms with E-state index in [0.29, 0.717) is 15.7 Å². The van der Waals surface area contributed by atoms with Gasteiger partial charge in [0.25, 0.3) is 0 Å². The molecule has 0 fully saturated rings. The number of rotatable bonds is 4. The molecule has 0 aliphatic rings. The number of halogens is 5. The van der Waals surface area contributed by atoms with Gasteiger partial charge in [0.1, 0.15) is 0 Å². The molecule has 0 amide bonds. The second-order valence-corrected chi connectivity index (χ2v) is 4.84. The van der Waals surface area contributed by atoms with Gasteiger partial charge in [-0.2, -0.15) is 8.78 Å². The number of hydrogen-bond acceptors (Lipinski definition) is 3. The van der Waals surface area contributed by atoms with E-state index in [1.807, 2.05) is 0 Å². The van der Waals surface area contributed by atoms with Gasteiger partial charge in [-0.05, 0) is 18.2 Å². The van der Waals surface area contributed by atoms with Gasteiger partial charge >= 0.3 is 6.61 Å². The molecule has 0 heterocycles. The minimum atomic E-state index is -3.15. The third-order valence-corrected chi connectivity index (χ3v) is 3.08. The van der Waals surface area contributed by atoms with Crippen LogP contribution >= 0.6 is 23.2 Å². The van der Waals surface area contributed by atoms with Crippen LogP contribution in [0.5, 0.6) is 5.75 Å². The smallest absolute Gasteiger partial charge is 0.387 e. The predicted octanol–water partition coefficient (Wildman–Crippen LogP) is 5.06.